The van der Waals surface area contributed by atoms with Gasteiger partial charge >= 0.3 is 5.97 Å². The van der Waals surface area contributed by atoms with E-state index < -0.39 is 28.0 Å². The fourth-order valence-electron chi connectivity index (χ4n) is 3.14. The second kappa shape index (κ2) is 9.07. The number of sulfonamides is 1. The molecule has 9 heteroatoms. The smallest absolute Gasteiger partial charge is 0.338 e. The molecule has 0 aliphatic carbocycles. The first-order valence-corrected chi connectivity index (χ1v) is 10.8. The highest BCUT2D eigenvalue weighted by molar-refractivity contribution is 7.89. The van der Waals surface area contributed by atoms with Crippen LogP contribution in [0.2, 0.25) is 0 Å². The Labute approximate surface area is 175 Å². The number of nitrogens with zero attached hydrogens (tertiary/aromatic N) is 3. The number of benzene rings is 2. The third kappa shape index (κ3) is 4.67. The number of esters is 1. The third-order valence-electron chi connectivity index (χ3n) is 4.79. The minimum Gasteiger partial charge on any atom is -0.449 e. The Hall–Kier alpha value is -3.22. The molecule has 2 aromatic carbocycles. The van der Waals surface area contributed by atoms with E-state index in [1.165, 1.54) is 40.4 Å². The number of hydrogen-bond acceptors (Lipinski definition) is 6. The van der Waals surface area contributed by atoms with Crippen LogP contribution in [0, 0.1) is 11.3 Å². The van der Waals surface area contributed by atoms with Crippen molar-refractivity contribution in [1.29, 1.82) is 5.26 Å². The second-order valence-electron chi connectivity index (χ2n) is 6.78. The third-order valence-corrected chi connectivity index (χ3v) is 6.70. The van der Waals surface area contributed by atoms with Crippen molar-refractivity contribution in [3.63, 3.8) is 0 Å². The maximum atomic E-state index is 12.7. The summed E-state index contributed by atoms with van der Waals surface area (Å²) in [4.78, 5) is 26.6. The molecule has 1 atom stereocenters. The molecule has 1 unspecified atom stereocenters. The van der Waals surface area contributed by atoms with E-state index in [1.54, 1.807) is 30.3 Å². The average molecular weight is 427 g/mol. The highest BCUT2D eigenvalue weighted by Gasteiger charge is 2.32. The summed E-state index contributed by atoms with van der Waals surface area (Å²) in [6.45, 7) is 2.20. The molecule has 3 rings (SSSR count). The molecule has 30 heavy (non-hydrogen) atoms. The lowest BCUT2D eigenvalue weighted by Crippen LogP contribution is -2.52. The van der Waals surface area contributed by atoms with E-state index in [9.17, 15) is 18.0 Å². The van der Waals surface area contributed by atoms with Gasteiger partial charge in [0.25, 0.3) is 5.91 Å². The Bertz CT molecular complexity index is 1070. The summed E-state index contributed by atoms with van der Waals surface area (Å²) >= 11 is 0. The largest absolute Gasteiger partial charge is 0.449 e. The van der Waals surface area contributed by atoms with Gasteiger partial charge < -0.3 is 9.64 Å². The minimum atomic E-state index is -3.61. The number of rotatable bonds is 5. The van der Waals surface area contributed by atoms with E-state index in [4.69, 9.17) is 10.00 Å². The van der Waals surface area contributed by atoms with Crippen molar-refractivity contribution < 1.29 is 22.7 Å². The van der Waals surface area contributed by atoms with Crippen LogP contribution in [-0.2, 0) is 19.6 Å². The van der Waals surface area contributed by atoms with Gasteiger partial charge in [0, 0.05) is 26.2 Å². The number of carbonyl (C=O) groups is 2. The summed E-state index contributed by atoms with van der Waals surface area (Å²) in [7, 11) is -3.61. The van der Waals surface area contributed by atoms with Gasteiger partial charge in [-0.2, -0.15) is 9.57 Å². The lowest BCUT2D eigenvalue weighted by atomic mass is 10.1. The van der Waals surface area contributed by atoms with Crippen molar-refractivity contribution in [3.05, 3.63) is 65.7 Å². The molecule has 1 aliphatic heterocycles. The number of nitriles is 1. The molecule has 0 aromatic heterocycles. The molecule has 1 fully saturated rings. The van der Waals surface area contributed by atoms with Crippen LogP contribution >= 0.6 is 0 Å². The van der Waals surface area contributed by atoms with Crippen LogP contribution in [0.4, 0.5) is 0 Å². The molecule has 156 valence electrons. The van der Waals surface area contributed by atoms with Crippen LogP contribution in [0.25, 0.3) is 0 Å². The molecular formula is C21H21N3O5S. The van der Waals surface area contributed by atoms with Crippen LogP contribution in [0.15, 0.2) is 59.5 Å². The van der Waals surface area contributed by atoms with Crippen molar-refractivity contribution in [1.82, 2.24) is 9.21 Å². The lowest BCUT2D eigenvalue weighted by molar-refractivity contribution is -0.141. The Morgan fingerprint density at radius 3 is 2.33 bits per heavy atom. The molecule has 2 aromatic rings. The highest BCUT2D eigenvalue weighted by atomic mass is 32.2. The first kappa shape index (κ1) is 21.5. The SMILES string of the molecule is CC(OC(=O)c1cccc(C#N)c1)C(=O)N1CCN(S(=O)(=O)c2ccccc2)CC1. The maximum Gasteiger partial charge on any atom is 0.338 e. The van der Waals surface area contributed by atoms with Gasteiger partial charge in [-0.3, -0.25) is 4.79 Å². The maximum absolute atomic E-state index is 12.7. The molecule has 1 amide bonds. The summed E-state index contributed by atoms with van der Waals surface area (Å²) in [5, 5.41) is 8.93. The predicted octanol–water partition coefficient (Wildman–Crippen LogP) is 1.64. The number of ether oxygens (including phenoxy) is 1. The van der Waals surface area contributed by atoms with Gasteiger partial charge in [0.05, 0.1) is 22.1 Å². The summed E-state index contributed by atoms with van der Waals surface area (Å²) < 4.78 is 32.0. The topological polar surface area (TPSA) is 108 Å². The van der Waals surface area contributed by atoms with E-state index in [2.05, 4.69) is 0 Å². The van der Waals surface area contributed by atoms with Crippen molar-refractivity contribution in [2.75, 3.05) is 26.2 Å². The first-order chi connectivity index (χ1) is 14.3. The van der Waals surface area contributed by atoms with Crippen LogP contribution in [-0.4, -0.2) is 61.8 Å². The summed E-state index contributed by atoms with van der Waals surface area (Å²) in [6, 6.07) is 16.1. The van der Waals surface area contributed by atoms with Gasteiger partial charge in [-0.15, -0.1) is 0 Å². The van der Waals surface area contributed by atoms with Gasteiger partial charge in [0.2, 0.25) is 10.0 Å². The van der Waals surface area contributed by atoms with Gasteiger partial charge in [0.15, 0.2) is 6.10 Å². The van der Waals surface area contributed by atoms with Crippen LogP contribution in [0.3, 0.4) is 0 Å². The number of piperazine rings is 1. The number of carbonyl (C=O) groups excluding carboxylic acids is 2. The molecule has 0 saturated carbocycles. The van der Waals surface area contributed by atoms with E-state index in [-0.39, 0.29) is 36.6 Å². The highest BCUT2D eigenvalue weighted by Crippen LogP contribution is 2.18. The molecule has 1 saturated heterocycles. The molecule has 8 nitrogen and oxygen atoms in total. The Kier molecular flexibility index (Phi) is 6.50. The molecule has 1 heterocycles. The van der Waals surface area contributed by atoms with E-state index in [1.807, 2.05) is 6.07 Å². The van der Waals surface area contributed by atoms with Crippen LogP contribution in [0.5, 0.6) is 0 Å². The molecule has 0 spiro atoms. The number of hydrogen-bond donors (Lipinski definition) is 0. The van der Waals surface area contributed by atoms with Crippen molar-refractivity contribution in [2.24, 2.45) is 0 Å². The van der Waals surface area contributed by atoms with E-state index in [0.29, 0.717) is 5.56 Å². The normalized spacial score (nSPS) is 15.8. The van der Waals surface area contributed by atoms with E-state index >= 15 is 0 Å². The van der Waals surface area contributed by atoms with Crippen molar-refractivity contribution >= 4 is 21.9 Å². The van der Waals surface area contributed by atoms with Crippen molar-refractivity contribution in [2.45, 2.75) is 17.9 Å². The van der Waals surface area contributed by atoms with Gasteiger partial charge in [0.1, 0.15) is 0 Å². The summed E-state index contributed by atoms with van der Waals surface area (Å²) in [5.41, 5.74) is 0.506. The zero-order valence-corrected chi connectivity index (χ0v) is 17.2. The molecule has 0 N–H and O–H groups in total. The summed E-state index contributed by atoms with van der Waals surface area (Å²) in [6.07, 6.45) is -1.03. The zero-order chi connectivity index (χ0) is 21.7. The van der Waals surface area contributed by atoms with Gasteiger partial charge in [-0.1, -0.05) is 24.3 Å². The Morgan fingerprint density at radius 1 is 1.03 bits per heavy atom. The predicted molar refractivity (Wildman–Crippen MR) is 108 cm³/mol. The van der Waals surface area contributed by atoms with Crippen LogP contribution in [0.1, 0.15) is 22.8 Å². The second-order valence-corrected chi connectivity index (χ2v) is 8.72. The van der Waals surface area contributed by atoms with E-state index in [0.717, 1.165) is 0 Å². The summed E-state index contributed by atoms with van der Waals surface area (Å²) in [5.74, 6) is -1.09. The minimum absolute atomic E-state index is 0.161. The quantitative estimate of drug-likeness (QED) is 0.671. The first-order valence-electron chi connectivity index (χ1n) is 9.38. The molecule has 0 bridgehead atoms. The fourth-order valence-corrected chi connectivity index (χ4v) is 4.59. The Morgan fingerprint density at radius 2 is 1.70 bits per heavy atom. The molecule has 1 aliphatic rings. The van der Waals surface area contributed by atoms with Crippen molar-refractivity contribution in [3.8, 4) is 6.07 Å². The van der Waals surface area contributed by atoms with Crippen LogP contribution < -0.4 is 0 Å². The monoisotopic (exact) mass is 427 g/mol. The van der Waals surface area contributed by atoms with Gasteiger partial charge in [-0.25, -0.2) is 13.2 Å². The number of amides is 1. The molecular weight excluding hydrogens is 406 g/mol. The standard InChI is InChI=1S/C21H21N3O5S/c1-16(29-21(26)18-7-5-6-17(14-18)15-22)20(25)23-10-12-24(13-11-23)30(27,28)19-8-3-2-4-9-19/h2-9,14,16H,10-13H2,1H3. The van der Waals surface area contributed by atoms with Gasteiger partial charge in [-0.05, 0) is 37.3 Å². The average Bonchev–Trinajstić information content (AvgIpc) is 2.79. The fraction of sp³-hybridized carbons (Fsp3) is 0.286. The zero-order valence-electron chi connectivity index (χ0n) is 16.4. The Balaban J connectivity index is 1.58. The lowest BCUT2D eigenvalue weighted by Gasteiger charge is -2.35. The molecule has 0 radical (unpaired) electrons.